The summed E-state index contributed by atoms with van der Waals surface area (Å²) < 4.78 is 12.5. The highest BCUT2D eigenvalue weighted by molar-refractivity contribution is 5.95. The number of benzene rings is 3. The van der Waals surface area contributed by atoms with Crippen LogP contribution in [0, 0.1) is 0 Å². The third-order valence-corrected chi connectivity index (χ3v) is 4.81. The van der Waals surface area contributed by atoms with Crippen molar-refractivity contribution in [2.75, 3.05) is 13.7 Å². The lowest BCUT2D eigenvalue weighted by Crippen LogP contribution is -2.07. The summed E-state index contributed by atoms with van der Waals surface area (Å²) in [6.07, 6.45) is 0. The lowest BCUT2D eigenvalue weighted by Gasteiger charge is -2.11. The van der Waals surface area contributed by atoms with Gasteiger partial charge in [0.25, 0.3) is 0 Å². The van der Waals surface area contributed by atoms with Gasteiger partial charge in [0.1, 0.15) is 11.5 Å². The largest absolute Gasteiger partial charge is 0.496 e. The number of amides is 1. The molecule has 1 heterocycles. The number of fused-ring (bicyclic) bond motifs is 1. The van der Waals surface area contributed by atoms with Crippen molar-refractivity contribution in [2.45, 2.75) is 6.54 Å². The van der Waals surface area contributed by atoms with Crippen molar-refractivity contribution in [1.29, 1.82) is 0 Å². The Morgan fingerprint density at radius 2 is 1.68 bits per heavy atom. The Balaban J connectivity index is 1.60. The van der Waals surface area contributed by atoms with Gasteiger partial charge in [-0.25, -0.2) is 0 Å². The molecule has 0 aliphatic carbocycles. The smallest absolute Gasteiger partial charge is 0.302 e. The van der Waals surface area contributed by atoms with E-state index in [2.05, 4.69) is 10.2 Å². The second-order valence-electron chi connectivity index (χ2n) is 6.78. The molecule has 1 N–H and O–H groups in total. The number of carbonyl (C=O) groups excluding carboxylic acids is 1. The molecule has 0 saturated heterocycles. The Labute approximate surface area is 179 Å². The summed E-state index contributed by atoms with van der Waals surface area (Å²) in [5.41, 5.74) is 1.91. The molecule has 4 aromatic rings. The molecule has 0 aliphatic rings. The summed E-state index contributed by atoms with van der Waals surface area (Å²) in [6, 6.07) is 24.0. The van der Waals surface area contributed by atoms with E-state index >= 15 is 0 Å². The predicted molar refractivity (Wildman–Crippen MR) is 117 cm³/mol. The average molecular weight is 415 g/mol. The van der Waals surface area contributed by atoms with E-state index in [1.807, 2.05) is 66.7 Å². The zero-order valence-electron chi connectivity index (χ0n) is 16.9. The average Bonchev–Trinajstić information content (AvgIpc) is 3.08. The fourth-order valence-corrected chi connectivity index (χ4v) is 3.33. The molecule has 4 rings (SSSR count). The SMILES string of the molecule is COc1ccccc1Cn1c(O)c(N=NC(=O)COc2ccccc2)c2ccccc21. The van der Waals surface area contributed by atoms with E-state index in [4.69, 9.17) is 9.47 Å². The molecule has 0 unspecified atom stereocenters. The number of aromatic hydroxyl groups is 1. The van der Waals surface area contributed by atoms with Crippen LogP contribution in [0.3, 0.4) is 0 Å². The van der Waals surface area contributed by atoms with Crippen molar-refractivity contribution in [3.8, 4) is 17.4 Å². The van der Waals surface area contributed by atoms with Crippen molar-refractivity contribution in [3.63, 3.8) is 0 Å². The van der Waals surface area contributed by atoms with E-state index in [1.165, 1.54) is 0 Å². The van der Waals surface area contributed by atoms with Gasteiger partial charge >= 0.3 is 5.91 Å². The van der Waals surface area contributed by atoms with E-state index < -0.39 is 5.91 Å². The van der Waals surface area contributed by atoms with Crippen LogP contribution in [-0.4, -0.2) is 29.3 Å². The van der Waals surface area contributed by atoms with E-state index in [9.17, 15) is 9.90 Å². The molecule has 0 bridgehead atoms. The first-order chi connectivity index (χ1) is 15.2. The van der Waals surface area contributed by atoms with Crippen molar-refractivity contribution in [3.05, 3.63) is 84.4 Å². The zero-order valence-corrected chi connectivity index (χ0v) is 16.9. The highest BCUT2D eigenvalue weighted by Crippen LogP contribution is 2.39. The fourth-order valence-electron chi connectivity index (χ4n) is 3.33. The fraction of sp³-hybridized carbons (Fsp3) is 0.125. The van der Waals surface area contributed by atoms with Gasteiger partial charge in [-0.1, -0.05) is 54.6 Å². The molecule has 0 spiro atoms. The number of methoxy groups -OCH3 is 1. The lowest BCUT2D eigenvalue weighted by molar-refractivity contribution is -0.120. The Hall–Kier alpha value is -4.13. The maximum atomic E-state index is 12.1. The maximum Gasteiger partial charge on any atom is 0.302 e. The van der Waals surface area contributed by atoms with Crippen molar-refractivity contribution in [1.82, 2.24) is 4.57 Å². The van der Waals surface area contributed by atoms with E-state index in [1.54, 1.807) is 23.8 Å². The van der Waals surface area contributed by atoms with Gasteiger partial charge in [0.05, 0.1) is 19.2 Å². The van der Waals surface area contributed by atoms with Gasteiger partial charge in [-0.2, -0.15) is 0 Å². The van der Waals surface area contributed by atoms with Crippen LogP contribution in [0.15, 0.2) is 89.1 Å². The molecule has 7 nitrogen and oxygen atoms in total. The number of para-hydroxylation sites is 3. The molecule has 0 fully saturated rings. The summed E-state index contributed by atoms with van der Waals surface area (Å²) >= 11 is 0. The molecule has 0 aliphatic heterocycles. The quantitative estimate of drug-likeness (QED) is 0.426. The Bertz CT molecular complexity index is 1230. The van der Waals surface area contributed by atoms with Crippen LogP contribution in [0.5, 0.6) is 17.4 Å². The summed E-state index contributed by atoms with van der Waals surface area (Å²) in [4.78, 5) is 12.1. The van der Waals surface area contributed by atoms with Gasteiger partial charge in [0.2, 0.25) is 5.88 Å². The van der Waals surface area contributed by atoms with Crippen LogP contribution >= 0.6 is 0 Å². The number of aromatic nitrogens is 1. The number of carbonyl (C=O) groups is 1. The summed E-state index contributed by atoms with van der Waals surface area (Å²) in [5.74, 6) is 0.663. The molecular formula is C24H21N3O4. The van der Waals surface area contributed by atoms with Crippen molar-refractivity contribution >= 4 is 22.5 Å². The van der Waals surface area contributed by atoms with E-state index in [0.29, 0.717) is 17.7 Å². The highest BCUT2D eigenvalue weighted by Gasteiger charge is 2.18. The number of hydrogen-bond acceptors (Lipinski definition) is 5. The third-order valence-electron chi connectivity index (χ3n) is 4.81. The van der Waals surface area contributed by atoms with Crippen LogP contribution in [0.1, 0.15) is 5.56 Å². The Kier molecular flexibility index (Phi) is 5.93. The molecular weight excluding hydrogens is 394 g/mol. The van der Waals surface area contributed by atoms with Crippen molar-refractivity contribution < 1.29 is 19.4 Å². The van der Waals surface area contributed by atoms with Gasteiger partial charge in [-0.15, -0.1) is 10.2 Å². The van der Waals surface area contributed by atoms with Crippen LogP contribution in [0.2, 0.25) is 0 Å². The van der Waals surface area contributed by atoms with E-state index in [0.717, 1.165) is 16.8 Å². The van der Waals surface area contributed by atoms with Crippen molar-refractivity contribution in [2.24, 2.45) is 10.2 Å². The minimum atomic E-state index is -0.551. The minimum absolute atomic E-state index is 0.0763. The van der Waals surface area contributed by atoms with Crippen LogP contribution in [-0.2, 0) is 11.3 Å². The van der Waals surface area contributed by atoms with Gasteiger partial charge in [0.15, 0.2) is 12.3 Å². The van der Waals surface area contributed by atoms with Crippen LogP contribution in [0.25, 0.3) is 10.9 Å². The first-order valence-electron chi connectivity index (χ1n) is 9.72. The molecule has 7 heteroatoms. The second-order valence-corrected chi connectivity index (χ2v) is 6.78. The molecule has 1 amide bonds. The first kappa shape index (κ1) is 20.2. The maximum absolute atomic E-state index is 12.1. The van der Waals surface area contributed by atoms with Gasteiger partial charge in [-0.05, 0) is 24.3 Å². The monoisotopic (exact) mass is 415 g/mol. The molecule has 1 aromatic heterocycles. The number of rotatable bonds is 7. The lowest BCUT2D eigenvalue weighted by atomic mass is 10.2. The van der Waals surface area contributed by atoms with Gasteiger partial charge in [0, 0.05) is 10.9 Å². The molecule has 0 saturated carbocycles. The van der Waals surface area contributed by atoms with Crippen LogP contribution < -0.4 is 9.47 Å². The summed E-state index contributed by atoms with van der Waals surface area (Å²) in [5, 5.41) is 19.4. The molecule has 0 radical (unpaired) electrons. The topological polar surface area (TPSA) is 85.4 Å². The highest BCUT2D eigenvalue weighted by atomic mass is 16.5. The number of azo groups is 1. The van der Waals surface area contributed by atoms with Gasteiger partial charge in [-0.3, -0.25) is 4.79 Å². The minimum Gasteiger partial charge on any atom is -0.496 e. The molecule has 3 aromatic carbocycles. The molecule has 0 atom stereocenters. The summed E-state index contributed by atoms with van der Waals surface area (Å²) in [7, 11) is 1.61. The van der Waals surface area contributed by atoms with E-state index in [-0.39, 0.29) is 18.2 Å². The molecule has 156 valence electrons. The summed E-state index contributed by atoms with van der Waals surface area (Å²) in [6.45, 7) is 0.130. The zero-order chi connectivity index (χ0) is 21.6. The number of nitrogens with zero attached hydrogens (tertiary/aromatic N) is 3. The predicted octanol–water partition coefficient (Wildman–Crippen LogP) is 5.09. The number of hydrogen-bond donors (Lipinski definition) is 1. The second kappa shape index (κ2) is 9.13. The number of ether oxygens (including phenoxy) is 2. The standard InChI is InChI=1S/C24H21N3O4/c1-30-21-14-8-5-9-17(21)15-27-20-13-7-6-12-19(20)23(24(27)29)26-25-22(28)16-31-18-10-3-2-4-11-18/h2-14,29H,15-16H2,1H3. The Morgan fingerprint density at radius 1 is 0.968 bits per heavy atom. The first-order valence-corrected chi connectivity index (χ1v) is 9.72. The normalized spacial score (nSPS) is 11.1. The van der Waals surface area contributed by atoms with Crippen LogP contribution in [0.4, 0.5) is 5.69 Å². The third kappa shape index (κ3) is 4.40. The molecule has 31 heavy (non-hydrogen) atoms. The van der Waals surface area contributed by atoms with Gasteiger partial charge < -0.3 is 19.1 Å². The Morgan fingerprint density at radius 3 is 2.48 bits per heavy atom.